The van der Waals surface area contributed by atoms with E-state index in [1.165, 1.54) is 12.3 Å². The van der Waals surface area contributed by atoms with E-state index in [9.17, 15) is 4.79 Å². The van der Waals surface area contributed by atoms with E-state index in [1.54, 1.807) is 0 Å². The first-order valence-electron chi connectivity index (χ1n) is 5.84. The third kappa shape index (κ3) is 4.74. The molecule has 6 heteroatoms. The highest BCUT2D eigenvalue weighted by molar-refractivity contribution is 7.99. The van der Waals surface area contributed by atoms with Gasteiger partial charge in [0.2, 0.25) is 0 Å². The molecule has 0 saturated carbocycles. The molecule has 18 heavy (non-hydrogen) atoms. The highest BCUT2D eigenvalue weighted by atomic mass is 35.5. The topological polar surface area (TPSA) is 68.0 Å². The SMILES string of the molecule is CCSCCC(C)NC(=O)c1cnc(N)c(Cl)c1. The second-order valence-electron chi connectivity index (χ2n) is 3.95. The van der Waals surface area contributed by atoms with E-state index >= 15 is 0 Å². The summed E-state index contributed by atoms with van der Waals surface area (Å²) in [4.78, 5) is 15.8. The van der Waals surface area contributed by atoms with Gasteiger partial charge >= 0.3 is 0 Å². The minimum atomic E-state index is -0.168. The van der Waals surface area contributed by atoms with Gasteiger partial charge in [-0.1, -0.05) is 18.5 Å². The molecule has 0 saturated heterocycles. The van der Waals surface area contributed by atoms with Gasteiger partial charge in [0.15, 0.2) is 0 Å². The van der Waals surface area contributed by atoms with Crippen molar-refractivity contribution >= 4 is 35.1 Å². The molecule has 1 amide bonds. The number of rotatable bonds is 6. The fourth-order valence-electron chi connectivity index (χ4n) is 1.36. The van der Waals surface area contributed by atoms with Crippen LogP contribution in [0.1, 0.15) is 30.6 Å². The summed E-state index contributed by atoms with van der Waals surface area (Å²) in [6, 6.07) is 1.67. The molecular formula is C12H18ClN3OS. The maximum Gasteiger partial charge on any atom is 0.253 e. The van der Waals surface area contributed by atoms with Crippen LogP contribution in [0.15, 0.2) is 12.3 Å². The van der Waals surface area contributed by atoms with Crippen molar-refractivity contribution in [3.63, 3.8) is 0 Å². The number of carbonyl (C=O) groups excluding carboxylic acids is 1. The quantitative estimate of drug-likeness (QED) is 0.789. The van der Waals surface area contributed by atoms with Crippen LogP contribution in [0.25, 0.3) is 0 Å². The van der Waals surface area contributed by atoms with Crippen LogP contribution in [0.5, 0.6) is 0 Å². The standard InChI is InChI=1S/C12H18ClN3OS/c1-3-18-5-4-8(2)16-12(17)9-6-10(13)11(14)15-7-9/h6-8H,3-5H2,1-2H3,(H2,14,15)(H,16,17). The van der Waals surface area contributed by atoms with Gasteiger partial charge in [-0.25, -0.2) is 4.98 Å². The van der Waals surface area contributed by atoms with Crippen LogP contribution in [-0.2, 0) is 0 Å². The van der Waals surface area contributed by atoms with E-state index in [4.69, 9.17) is 17.3 Å². The van der Waals surface area contributed by atoms with E-state index < -0.39 is 0 Å². The van der Waals surface area contributed by atoms with E-state index in [0.29, 0.717) is 10.6 Å². The number of thioether (sulfide) groups is 1. The lowest BCUT2D eigenvalue weighted by Gasteiger charge is -2.13. The van der Waals surface area contributed by atoms with Crippen molar-refractivity contribution in [1.29, 1.82) is 0 Å². The van der Waals surface area contributed by atoms with Crippen molar-refractivity contribution in [2.45, 2.75) is 26.3 Å². The van der Waals surface area contributed by atoms with E-state index in [0.717, 1.165) is 17.9 Å². The minimum absolute atomic E-state index is 0.132. The van der Waals surface area contributed by atoms with Crippen molar-refractivity contribution in [1.82, 2.24) is 10.3 Å². The number of nitrogens with zero attached hydrogens (tertiary/aromatic N) is 1. The normalized spacial score (nSPS) is 12.2. The maximum absolute atomic E-state index is 11.9. The second-order valence-corrected chi connectivity index (χ2v) is 5.75. The van der Waals surface area contributed by atoms with Crippen LogP contribution in [0.2, 0.25) is 5.02 Å². The molecule has 1 rings (SSSR count). The predicted molar refractivity (Wildman–Crippen MR) is 78.2 cm³/mol. The summed E-state index contributed by atoms with van der Waals surface area (Å²) in [6.07, 6.45) is 2.38. The van der Waals surface area contributed by atoms with Crippen LogP contribution >= 0.6 is 23.4 Å². The van der Waals surface area contributed by atoms with Gasteiger partial charge in [-0.15, -0.1) is 0 Å². The first-order chi connectivity index (χ1) is 8.54. The van der Waals surface area contributed by atoms with Crippen LogP contribution < -0.4 is 11.1 Å². The molecule has 3 N–H and O–H groups in total. The van der Waals surface area contributed by atoms with Gasteiger partial charge in [-0.3, -0.25) is 4.79 Å². The van der Waals surface area contributed by atoms with Crippen LogP contribution in [0.4, 0.5) is 5.82 Å². The summed E-state index contributed by atoms with van der Waals surface area (Å²) in [5.74, 6) is 2.20. The smallest absolute Gasteiger partial charge is 0.253 e. The van der Waals surface area contributed by atoms with Crippen molar-refractivity contribution in [3.05, 3.63) is 22.8 Å². The van der Waals surface area contributed by atoms with Crippen molar-refractivity contribution < 1.29 is 4.79 Å². The minimum Gasteiger partial charge on any atom is -0.382 e. The molecule has 0 aliphatic rings. The van der Waals surface area contributed by atoms with Crippen LogP contribution in [0.3, 0.4) is 0 Å². The van der Waals surface area contributed by atoms with Crippen molar-refractivity contribution in [3.8, 4) is 0 Å². The number of carbonyl (C=O) groups is 1. The Labute approximate surface area is 117 Å². The van der Waals surface area contributed by atoms with Crippen LogP contribution in [0, 0.1) is 0 Å². The molecule has 1 atom stereocenters. The Kier molecular flexibility index (Phi) is 6.29. The highest BCUT2D eigenvalue weighted by Gasteiger charge is 2.11. The van der Waals surface area contributed by atoms with E-state index in [2.05, 4.69) is 17.2 Å². The average Bonchev–Trinajstić information content (AvgIpc) is 2.33. The molecule has 0 aliphatic carbocycles. The zero-order valence-corrected chi connectivity index (χ0v) is 12.1. The summed E-state index contributed by atoms with van der Waals surface area (Å²) in [7, 11) is 0. The monoisotopic (exact) mass is 287 g/mol. The molecule has 0 aliphatic heterocycles. The Morgan fingerprint density at radius 3 is 3.00 bits per heavy atom. The number of hydrogen-bond donors (Lipinski definition) is 2. The number of pyridine rings is 1. The van der Waals surface area contributed by atoms with Crippen molar-refractivity contribution in [2.24, 2.45) is 0 Å². The van der Waals surface area contributed by atoms with Gasteiger partial charge in [-0.2, -0.15) is 11.8 Å². The van der Waals surface area contributed by atoms with Crippen molar-refractivity contribution in [2.75, 3.05) is 17.2 Å². The molecule has 1 heterocycles. The number of amides is 1. The van der Waals surface area contributed by atoms with Gasteiger partial charge < -0.3 is 11.1 Å². The third-order valence-corrected chi connectivity index (χ3v) is 3.64. The average molecular weight is 288 g/mol. The first kappa shape index (κ1) is 15.1. The van der Waals surface area contributed by atoms with Gasteiger partial charge in [0.05, 0.1) is 10.6 Å². The molecule has 4 nitrogen and oxygen atoms in total. The molecule has 1 aromatic rings. The Balaban J connectivity index is 2.51. The van der Waals surface area contributed by atoms with Gasteiger partial charge in [0, 0.05) is 12.2 Å². The molecule has 0 bridgehead atoms. The molecule has 0 fully saturated rings. The Morgan fingerprint density at radius 1 is 1.67 bits per heavy atom. The number of nitrogens with two attached hydrogens (primary N) is 1. The summed E-state index contributed by atoms with van der Waals surface area (Å²) in [6.45, 7) is 4.11. The first-order valence-corrected chi connectivity index (χ1v) is 7.37. The lowest BCUT2D eigenvalue weighted by atomic mass is 10.2. The molecule has 1 unspecified atom stereocenters. The Bertz CT molecular complexity index is 414. The Morgan fingerprint density at radius 2 is 2.39 bits per heavy atom. The predicted octanol–water partition coefficient (Wildman–Crippen LogP) is 2.58. The number of hydrogen-bond acceptors (Lipinski definition) is 4. The molecule has 0 aromatic carbocycles. The maximum atomic E-state index is 11.9. The van der Waals surface area contributed by atoms with Gasteiger partial charge in [0.25, 0.3) is 5.91 Å². The molecule has 0 spiro atoms. The summed E-state index contributed by atoms with van der Waals surface area (Å²) >= 11 is 7.69. The second kappa shape index (κ2) is 7.48. The van der Waals surface area contributed by atoms with Gasteiger partial charge in [0.1, 0.15) is 5.82 Å². The molecule has 100 valence electrons. The lowest BCUT2D eigenvalue weighted by Crippen LogP contribution is -2.33. The number of anilines is 1. The Hall–Kier alpha value is -0.940. The fraction of sp³-hybridized carbons (Fsp3) is 0.500. The van der Waals surface area contributed by atoms with Gasteiger partial charge in [-0.05, 0) is 30.9 Å². The lowest BCUT2D eigenvalue weighted by molar-refractivity contribution is 0.0939. The number of nitrogens with one attached hydrogen (secondary N) is 1. The molecular weight excluding hydrogens is 270 g/mol. The van der Waals surface area contributed by atoms with E-state index in [-0.39, 0.29) is 17.8 Å². The summed E-state index contributed by atoms with van der Waals surface area (Å²) in [5.41, 5.74) is 5.93. The number of nitrogen functional groups attached to an aromatic ring is 1. The zero-order valence-electron chi connectivity index (χ0n) is 10.6. The molecule has 1 aromatic heterocycles. The number of aromatic nitrogens is 1. The fourth-order valence-corrected chi connectivity index (χ4v) is 2.33. The zero-order chi connectivity index (χ0) is 13.5. The van der Waals surface area contributed by atoms with E-state index in [1.807, 2.05) is 18.7 Å². The van der Waals surface area contributed by atoms with Crippen LogP contribution in [-0.4, -0.2) is 28.4 Å². The molecule has 0 radical (unpaired) electrons. The largest absolute Gasteiger partial charge is 0.382 e. The summed E-state index contributed by atoms with van der Waals surface area (Å²) < 4.78 is 0. The summed E-state index contributed by atoms with van der Waals surface area (Å²) in [5, 5.41) is 3.21. The third-order valence-electron chi connectivity index (χ3n) is 2.41. The highest BCUT2D eigenvalue weighted by Crippen LogP contribution is 2.16. The number of halogens is 1.